The lowest BCUT2D eigenvalue weighted by Gasteiger charge is -2.15. The van der Waals surface area contributed by atoms with E-state index in [9.17, 15) is 4.79 Å². The standard InChI is InChI=1S/C10H14N4O2/c15-10(16)9-8(2-4-13-14-9)7-1-3-11-6-12-5-7/h2,4,7,11-12H,1,3,5-6H2,(H,15,16). The van der Waals surface area contributed by atoms with Gasteiger partial charge in [-0.2, -0.15) is 5.10 Å². The maximum atomic E-state index is 11.0. The number of carboxylic acid groups (broad SMARTS) is 1. The van der Waals surface area contributed by atoms with E-state index in [1.807, 2.05) is 0 Å². The SMILES string of the molecule is O=C(O)c1nnccc1C1CCNCNC1. The van der Waals surface area contributed by atoms with Gasteiger partial charge in [-0.15, -0.1) is 5.10 Å². The Kier molecular flexibility index (Phi) is 3.43. The van der Waals surface area contributed by atoms with Crippen LogP contribution in [0.3, 0.4) is 0 Å². The molecule has 2 rings (SSSR count). The largest absolute Gasteiger partial charge is 0.476 e. The van der Waals surface area contributed by atoms with E-state index < -0.39 is 5.97 Å². The molecule has 0 aliphatic carbocycles. The summed E-state index contributed by atoms with van der Waals surface area (Å²) < 4.78 is 0. The van der Waals surface area contributed by atoms with Crippen molar-refractivity contribution >= 4 is 5.97 Å². The van der Waals surface area contributed by atoms with Crippen LogP contribution in [0.2, 0.25) is 0 Å². The Balaban J connectivity index is 2.27. The molecule has 0 aromatic carbocycles. The first-order valence-electron chi connectivity index (χ1n) is 5.25. The lowest BCUT2D eigenvalue weighted by atomic mass is 9.95. The lowest BCUT2D eigenvalue weighted by molar-refractivity contribution is 0.0687. The predicted molar refractivity (Wildman–Crippen MR) is 57.2 cm³/mol. The first-order chi connectivity index (χ1) is 7.79. The number of nitrogens with zero attached hydrogens (tertiary/aromatic N) is 2. The smallest absolute Gasteiger partial charge is 0.356 e. The zero-order valence-corrected chi connectivity index (χ0v) is 8.81. The second-order valence-electron chi connectivity index (χ2n) is 3.76. The van der Waals surface area contributed by atoms with Gasteiger partial charge in [0.1, 0.15) is 0 Å². The molecule has 1 aromatic rings. The molecule has 1 unspecified atom stereocenters. The number of rotatable bonds is 2. The van der Waals surface area contributed by atoms with Crippen molar-refractivity contribution in [3.63, 3.8) is 0 Å². The Bertz CT molecular complexity index is 375. The number of hydrogen-bond donors (Lipinski definition) is 3. The predicted octanol–water partition coefficient (Wildman–Crippen LogP) is -0.201. The number of hydrogen-bond acceptors (Lipinski definition) is 5. The summed E-state index contributed by atoms with van der Waals surface area (Å²) >= 11 is 0. The molecule has 86 valence electrons. The molecule has 3 N–H and O–H groups in total. The molecule has 0 spiro atoms. The van der Waals surface area contributed by atoms with Crippen molar-refractivity contribution in [1.29, 1.82) is 0 Å². The van der Waals surface area contributed by atoms with Crippen LogP contribution in [0.25, 0.3) is 0 Å². The van der Waals surface area contributed by atoms with Crippen molar-refractivity contribution in [3.8, 4) is 0 Å². The van der Waals surface area contributed by atoms with Crippen LogP contribution in [0, 0.1) is 0 Å². The minimum atomic E-state index is -1.01. The van der Waals surface area contributed by atoms with E-state index >= 15 is 0 Å². The van der Waals surface area contributed by atoms with Crippen LogP contribution in [0.1, 0.15) is 28.4 Å². The van der Waals surface area contributed by atoms with E-state index in [2.05, 4.69) is 20.8 Å². The maximum absolute atomic E-state index is 11.0. The van der Waals surface area contributed by atoms with Gasteiger partial charge in [0.15, 0.2) is 5.69 Å². The van der Waals surface area contributed by atoms with Crippen molar-refractivity contribution in [1.82, 2.24) is 20.8 Å². The van der Waals surface area contributed by atoms with Gasteiger partial charge in [-0.3, -0.25) is 0 Å². The van der Waals surface area contributed by atoms with E-state index in [0.717, 1.165) is 31.7 Å². The summed E-state index contributed by atoms with van der Waals surface area (Å²) in [5.74, 6) is -0.836. The van der Waals surface area contributed by atoms with Crippen LogP contribution in [-0.2, 0) is 0 Å². The zero-order valence-electron chi connectivity index (χ0n) is 8.81. The number of carboxylic acids is 1. The van der Waals surface area contributed by atoms with Crippen LogP contribution in [0.5, 0.6) is 0 Å². The minimum absolute atomic E-state index is 0.0659. The van der Waals surface area contributed by atoms with Gasteiger partial charge in [-0.25, -0.2) is 4.79 Å². The summed E-state index contributed by atoms with van der Waals surface area (Å²) in [4.78, 5) is 11.0. The summed E-state index contributed by atoms with van der Waals surface area (Å²) in [6, 6.07) is 1.74. The summed E-state index contributed by atoms with van der Waals surface area (Å²) in [5, 5.41) is 22.7. The summed E-state index contributed by atoms with van der Waals surface area (Å²) in [5.41, 5.74) is 0.829. The highest BCUT2D eigenvalue weighted by atomic mass is 16.4. The van der Waals surface area contributed by atoms with Gasteiger partial charge in [0.05, 0.1) is 0 Å². The molecule has 1 aliphatic heterocycles. The number of aromatic nitrogens is 2. The van der Waals surface area contributed by atoms with Crippen LogP contribution in [0.4, 0.5) is 0 Å². The second-order valence-corrected chi connectivity index (χ2v) is 3.76. The highest BCUT2D eigenvalue weighted by molar-refractivity contribution is 5.87. The fourth-order valence-corrected chi connectivity index (χ4v) is 1.90. The summed E-state index contributed by atoms with van der Waals surface area (Å²) in [7, 11) is 0. The molecule has 0 bridgehead atoms. The summed E-state index contributed by atoms with van der Waals surface area (Å²) in [6.07, 6.45) is 2.44. The molecule has 0 radical (unpaired) electrons. The van der Waals surface area contributed by atoms with E-state index in [1.54, 1.807) is 12.3 Å². The van der Waals surface area contributed by atoms with Crippen molar-refractivity contribution < 1.29 is 9.90 Å². The molecule has 6 nitrogen and oxygen atoms in total. The first-order valence-corrected chi connectivity index (χ1v) is 5.25. The number of nitrogens with one attached hydrogen (secondary N) is 2. The Labute approximate surface area is 93.1 Å². The Morgan fingerprint density at radius 1 is 1.50 bits per heavy atom. The minimum Gasteiger partial charge on any atom is -0.476 e. The monoisotopic (exact) mass is 222 g/mol. The molecular weight excluding hydrogens is 208 g/mol. The third-order valence-corrected chi connectivity index (χ3v) is 2.70. The fourth-order valence-electron chi connectivity index (χ4n) is 1.90. The average molecular weight is 222 g/mol. The van der Waals surface area contributed by atoms with Crippen LogP contribution < -0.4 is 10.6 Å². The van der Waals surface area contributed by atoms with Crippen molar-refractivity contribution in [2.75, 3.05) is 19.8 Å². The topological polar surface area (TPSA) is 87.1 Å². The molecule has 1 aromatic heterocycles. The van der Waals surface area contributed by atoms with E-state index in [1.165, 1.54) is 0 Å². The molecular formula is C10H14N4O2. The van der Waals surface area contributed by atoms with Crippen molar-refractivity contribution in [3.05, 3.63) is 23.5 Å². The van der Waals surface area contributed by atoms with Gasteiger partial charge in [0.25, 0.3) is 0 Å². The average Bonchev–Trinajstić information content (AvgIpc) is 2.57. The van der Waals surface area contributed by atoms with Crippen LogP contribution in [-0.4, -0.2) is 41.0 Å². The third kappa shape index (κ3) is 2.34. The normalized spacial score (nSPS) is 21.4. The molecule has 2 heterocycles. The maximum Gasteiger partial charge on any atom is 0.356 e. The molecule has 0 amide bonds. The van der Waals surface area contributed by atoms with Gasteiger partial charge >= 0.3 is 5.97 Å². The van der Waals surface area contributed by atoms with E-state index in [-0.39, 0.29) is 11.6 Å². The molecule has 0 saturated carbocycles. The lowest BCUT2D eigenvalue weighted by Crippen LogP contribution is -2.27. The summed E-state index contributed by atoms with van der Waals surface area (Å²) in [6.45, 7) is 2.40. The molecule has 1 atom stereocenters. The third-order valence-electron chi connectivity index (χ3n) is 2.70. The molecule has 6 heteroatoms. The number of aromatic carboxylic acids is 1. The van der Waals surface area contributed by atoms with Crippen LogP contribution in [0.15, 0.2) is 12.3 Å². The van der Waals surface area contributed by atoms with E-state index in [4.69, 9.17) is 5.11 Å². The van der Waals surface area contributed by atoms with Gasteiger partial charge in [0.2, 0.25) is 0 Å². The van der Waals surface area contributed by atoms with Gasteiger partial charge in [0, 0.05) is 25.3 Å². The van der Waals surface area contributed by atoms with Crippen LogP contribution >= 0.6 is 0 Å². The Hall–Kier alpha value is -1.53. The fraction of sp³-hybridized carbons (Fsp3) is 0.500. The van der Waals surface area contributed by atoms with Crippen molar-refractivity contribution in [2.45, 2.75) is 12.3 Å². The van der Waals surface area contributed by atoms with Gasteiger partial charge in [-0.05, 0) is 24.6 Å². The second kappa shape index (κ2) is 5.00. The van der Waals surface area contributed by atoms with E-state index in [0.29, 0.717) is 0 Å². The first kappa shape index (κ1) is 11.0. The quantitative estimate of drug-likeness (QED) is 0.642. The highest BCUT2D eigenvalue weighted by Gasteiger charge is 2.21. The molecule has 1 saturated heterocycles. The van der Waals surface area contributed by atoms with Crippen molar-refractivity contribution in [2.24, 2.45) is 0 Å². The molecule has 1 aliphatic rings. The Morgan fingerprint density at radius 2 is 2.38 bits per heavy atom. The molecule has 1 fully saturated rings. The highest BCUT2D eigenvalue weighted by Crippen LogP contribution is 2.21. The van der Waals surface area contributed by atoms with Gasteiger partial charge in [-0.1, -0.05) is 0 Å². The zero-order chi connectivity index (χ0) is 11.4. The molecule has 16 heavy (non-hydrogen) atoms. The Morgan fingerprint density at radius 3 is 3.19 bits per heavy atom. The number of carbonyl (C=O) groups is 1. The van der Waals surface area contributed by atoms with Gasteiger partial charge < -0.3 is 15.7 Å².